The molecule has 0 bridgehead atoms. The van der Waals surface area contributed by atoms with Crippen molar-refractivity contribution < 1.29 is 4.79 Å². The molecule has 100 valence electrons. The highest BCUT2D eigenvalue weighted by atomic mass is 79.9. The molecule has 1 aromatic carbocycles. The number of carbonyl (C=O) groups is 1. The number of aromatic nitrogens is 1. The number of anilines is 1. The fourth-order valence-electron chi connectivity index (χ4n) is 1.65. The number of nitrogen functional groups attached to an aromatic ring is 1. The maximum atomic E-state index is 12.2. The molecule has 1 atom stereocenters. The minimum atomic E-state index is -0.122. The van der Waals surface area contributed by atoms with Gasteiger partial charge in [0.25, 0.3) is 5.91 Å². The SMILES string of the molecule is CCC(NC(=O)c1ccc(N)c(Br)c1)c1nccs1. The Morgan fingerprint density at radius 2 is 2.37 bits per heavy atom. The van der Waals surface area contributed by atoms with Crippen molar-refractivity contribution in [2.75, 3.05) is 5.73 Å². The topological polar surface area (TPSA) is 68.0 Å². The quantitative estimate of drug-likeness (QED) is 0.839. The Bertz CT molecular complexity index is 571. The highest BCUT2D eigenvalue weighted by Gasteiger charge is 2.16. The fourth-order valence-corrected chi connectivity index (χ4v) is 2.81. The van der Waals surface area contributed by atoms with Gasteiger partial charge >= 0.3 is 0 Å². The molecule has 0 aliphatic carbocycles. The molecule has 1 amide bonds. The maximum Gasteiger partial charge on any atom is 0.251 e. The molecule has 19 heavy (non-hydrogen) atoms. The van der Waals surface area contributed by atoms with Gasteiger partial charge in [0, 0.05) is 27.3 Å². The number of thiazole rings is 1. The van der Waals surface area contributed by atoms with Crippen LogP contribution in [0.2, 0.25) is 0 Å². The predicted octanol–water partition coefficient (Wildman–Crippen LogP) is 3.37. The van der Waals surface area contributed by atoms with Gasteiger partial charge in [-0.3, -0.25) is 4.79 Å². The second-order valence-corrected chi connectivity index (χ2v) is 5.82. The third-order valence-corrected chi connectivity index (χ3v) is 4.30. The second kappa shape index (κ2) is 6.16. The highest BCUT2D eigenvalue weighted by molar-refractivity contribution is 9.10. The van der Waals surface area contributed by atoms with Gasteiger partial charge < -0.3 is 11.1 Å². The first-order valence-corrected chi connectivity index (χ1v) is 7.54. The maximum absolute atomic E-state index is 12.2. The van der Waals surface area contributed by atoms with E-state index in [1.165, 1.54) is 0 Å². The predicted molar refractivity (Wildman–Crippen MR) is 81.2 cm³/mol. The summed E-state index contributed by atoms with van der Waals surface area (Å²) < 4.78 is 0.724. The van der Waals surface area contributed by atoms with Crippen LogP contribution in [0.4, 0.5) is 5.69 Å². The summed E-state index contributed by atoms with van der Waals surface area (Å²) in [4.78, 5) is 16.4. The number of hydrogen-bond donors (Lipinski definition) is 2. The Morgan fingerprint density at radius 1 is 1.58 bits per heavy atom. The van der Waals surface area contributed by atoms with Crippen molar-refractivity contribution >= 4 is 38.9 Å². The zero-order valence-electron chi connectivity index (χ0n) is 10.4. The van der Waals surface area contributed by atoms with Crippen LogP contribution in [0.25, 0.3) is 0 Å². The van der Waals surface area contributed by atoms with Crippen LogP contribution < -0.4 is 11.1 Å². The molecule has 4 nitrogen and oxygen atoms in total. The lowest BCUT2D eigenvalue weighted by molar-refractivity contribution is 0.0935. The average molecular weight is 340 g/mol. The Hall–Kier alpha value is -1.40. The summed E-state index contributed by atoms with van der Waals surface area (Å²) in [5, 5.41) is 5.81. The van der Waals surface area contributed by atoms with Crippen molar-refractivity contribution in [3.8, 4) is 0 Å². The van der Waals surface area contributed by atoms with Crippen LogP contribution in [0.3, 0.4) is 0 Å². The van der Waals surface area contributed by atoms with E-state index in [1.807, 2.05) is 12.3 Å². The summed E-state index contributed by atoms with van der Waals surface area (Å²) in [6, 6.07) is 5.09. The van der Waals surface area contributed by atoms with Crippen LogP contribution >= 0.6 is 27.3 Å². The summed E-state index contributed by atoms with van der Waals surface area (Å²) >= 11 is 4.86. The van der Waals surface area contributed by atoms with Crippen LogP contribution in [-0.4, -0.2) is 10.9 Å². The summed E-state index contributed by atoms with van der Waals surface area (Å²) in [5.74, 6) is -0.122. The van der Waals surface area contributed by atoms with Crippen molar-refractivity contribution in [3.05, 3.63) is 44.8 Å². The van der Waals surface area contributed by atoms with Crippen molar-refractivity contribution in [2.24, 2.45) is 0 Å². The minimum Gasteiger partial charge on any atom is -0.398 e. The van der Waals surface area contributed by atoms with Gasteiger partial charge in [-0.1, -0.05) is 6.92 Å². The summed E-state index contributed by atoms with van der Waals surface area (Å²) in [5.41, 5.74) is 6.90. The number of nitrogens with zero attached hydrogens (tertiary/aromatic N) is 1. The lowest BCUT2D eigenvalue weighted by Gasteiger charge is -2.14. The van der Waals surface area contributed by atoms with E-state index in [9.17, 15) is 4.79 Å². The Balaban J connectivity index is 2.13. The van der Waals surface area contributed by atoms with Crippen molar-refractivity contribution in [1.82, 2.24) is 10.3 Å². The van der Waals surface area contributed by atoms with Gasteiger partial charge in [-0.2, -0.15) is 0 Å². The second-order valence-electron chi connectivity index (χ2n) is 4.04. The summed E-state index contributed by atoms with van der Waals surface area (Å²) in [7, 11) is 0. The molecular formula is C13H14BrN3OS. The van der Waals surface area contributed by atoms with Gasteiger partial charge in [0.2, 0.25) is 0 Å². The molecule has 0 saturated heterocycles. The van der Waals surface area contributed by atoms with Crippen molar-refractivity contribution in [2.45, 2.75) is 19.4 Å². The number of nitrogens with one attached hydrogen (secondary N) is 1. The highest BCUT2D eigenvalue weighted by Crippen LogP contribution is 2.22. The van der Waals surface area contributed by atoms with Crippen LogP contribution in [0, 0.1) is 0 Å². The van der Waals surface area contributed by atoms with Gasteiger partial charge in [0.05, 0.1) is 6.04 Å². The molecule has 0 aliphatic heterocycles. The van der Waals surface area contributed by atoms with E-state index in [2.05, 4.69) is 26.2 Å². The number of benzene rings is 1. The van der Waals surface area contributed by atoms with Crippen molar-refractivity contribution in [1.29, 1.82) is 0 Å². The Morgan fingerprint density at radius 3 is 2.95 bits per heavy atom. The molecule has 1 heterocycles. The smallest absolute Gasteiger partial charge is 0.251 e. The van der Waals surface area contributed by atoms with Crippen LogP contribution in [0.15, 0.2) is 34.2 Å². The molecular weight excluding hydrogens is 326 g/mol. The number of amides is 1. The average Bonchev–Trinajstić information content (AvgIpc) is 2.92. The third-order valence-electron chi connectivity index (χ3n) is 2.73. The van der Waals surface area contributed by atoms with E-state index in [0.29, 0.717) is 11.3 Å². The van der Waals surface area contributed by atoms with E-state index >= 15 is 0 Å². The van der Waals surface area contributed by atoms with Gasteiger partial charge in [-0.25, -0.2) is 4.98 Å². The largest absolute Gasteiger partial charge is 0.398 e. The number of rotatable bonds is 4. The lowest BCUT2D eigenvalue weighted by atomic mass is 10.1. The van der Waals surface area contributed by atoms with Crippen LogP contribution in [0.5, 0.6) is 0 Å². The number of hydrogen-bond acceptors (Lipinski definition) is 4. The number of carbonyl (C=O) groups excluding carboxylic acids is 1. The van der Waals surface area contributed by atoms with Crippen molar-refractivity contribution in [3.63, 3.8) is 0 Å². The molecule has 3 N–H and O–H groups in total. The first kappa shape index (κ1) is 14.0. The van der Waals surface area contributed by atoms with E-state index in [0.717, 1.165) is 15.9 Å². The summed E-state index contributed by atoms with van der Waals surface area (Å²) in [6.45, 7) is 2.02. The molecule has 1 unspecified atom stereocenters. The monoisotopic (exact) mass is 339 g/mol. The molecule has 2 rings (SSSR count). The van der Waals surface area contributed by atoms with E-state index in [4.69, 9.17) is 5.73 Å². The first-order chi connectivity index (χ1) is 9.11. The minimum absolute atomic E-state index is 0.0520. The van der Waals surface area contributed by atoms with E-state index in [-0.39, 0.29) is 11.9 Å². The molecule has 2 aromatic rings. The summed E-state index contributed by atoms with van der Waals surface area (Å²) in [6.07, 6.45) is 2.55. The first-order valence-electron chi connectivity index (χ1n) is 5.87. The molecule has 0 aliphatic rings. The third kappa shape index (κ3) is 3.33. The molecule has 1 aromatic heterocycles. The molecule has 0 saturated carbocycles. The molecule has 0 fully saturated rings. The van der Waals surface area contributed by atoms with Gasteiger partial charge in [-0.05, 0) is 40.5 Å². The zero-order chi connectivity index (χ0) is 13.8. The fraction of sp³-hybridized carbons (Fsp3) is 0.231. The zero-order valence-corrected chi connectivity index (χ0v) is 12.8. The number of halogens is 1. The molecule has 0 spiro atoms. The molecule has 6 heteroatoms. The normalized spacial score (nSPS) is 12.1. The van der Waals surface area contributed by atoms with Gasteiger partial charge in [-0.15, -0.1) is 11.3 Å². The Kier molecular flexibility index (Phi) is 4.55. The standard InChI is InChI=1S/C13H14BrN3OS/c1-2-11(13-16-5-6-19-13)17-12(18)8-3-4-10(15)9(14)7-8/h3-7,11H,2,15H2,1H3,(H,17,18). The van der Waals surface area contributed by atoms with E-state index < -0.39 is 0 Å². The van der Waals surface area contributed by atoms with Gasteiger partial charge in [0.15, 0.2) is 0 Å². The molecule has 0 radical (unpaired) electrons. The van der Waals surface area contributed by atoms with Crippen LogP contribution in [-0.2, 0) is 0 Å². The number of nitrogens with two attached hydrogens (primary N) is 1. The Labute approximate surface area is 124 Å². The lowest BCUT2D eigenvalue weighted by Crippen LogP contribution is -2.28. The van der Waals surface area contributed by atoms with Gasteiger partial charge in [0.1, 0.15) is 5.01 Å². The van der Waals surface area contributed by atoms with Crippen LogP contribution in [0.1, 0.15) is 34.8 Å². The van der Waals surface area contributed by atoms with E-state index in [1.54, 1.807) is 35.7 Å².